The molecule has 0 unspecified atom stereocenters. The number of hydrogen-bond donors (Lipinski definition) is 0. The van der Waals surface area contributed by atoms with Crippen LogP contribution in [0.5, 0.6) is 0 Å². The second kappa shape index (κ2) is 6.99. The van der Waals surface area contributed by atoms with Crippen molar-refractivity contribution >= 4 is 57.2 Å². The lowest BCUT2D eigenvalue weighted by molar-refractivity contribution is -0.113. The monoisotopic (exact) mass is 392 g/mol. The molecular formula is C21H13ClN2O2S. The maximum absolute atomic E-state index is 12.8. The van der Waals surface area contributed by atoms with Crippen LogP contribution in [0.25, 0.3) is 17.0 Å². The van der Waals surface area contributed by atoms with Crippen LogP contribution < -0.4 is 4.90 Å². The average Bonchev–Trinajstić information content (AvgIpc) is 3.14. The number of imide groups is 1. The fraction of sp³-hybridized carbons (Fsp3) is 0.0476. The molecule has 4 rings (SSSR count). The molecule has 1 aliphatic heterocycles. The lowest BCUT2D eigenvalue weighted by atomic mass is 10.1. The molecule has 1 fully saturated rings. The lowest BCUT2D eigenvalue weighted by Gasteiger charge is -2.12. The van der Waals surface area contributed by atoms with Gasteiger partial charge >= 0.3 is 0 Å². The number of rotatable bonds is 3. The number of benzene rings is 2. The number of para-hydroxylation sites is 1. The van der Waals surface area contributed by atoms with Crippen LogP contribution in [0.4, 0.5) is 10.5 Å². The van der Waals surface area contributed by atoms with Gasteiger partial charge in [0.25, 0.3) is 11.1 Å². The summed E-state index contributed by atoms with van der Waals surface area (Å²) in [5.41, 5.74) is 2.33. The maximum Gasteiger partial charge on any atom is 0.298 e. The summed E-state index contributed by atoms with van der Waals surface area (Å²) in [6, 6.07) is 14.4. The highest BCUT2D eigenvalue weighted by atomic mass is 35.5. The van der Waals surface area contributed by atoms with Crippen LogP contribution in [-0.2, 0) is 11.3 Å². The van der Waals surface area contributed by atoms with E-state index in [9.17, 15) is 9.59 Å². The molecule has 1 aromatic heterocycles. The molecule has 2 heterocycles. The van der Waals surface area contributed by atoms with E-state index in [-0.39, 0.29) is 11.1 Å². The van der Waals surface area contributed by atoms with Crippen molar-refractivity contribution in [1.82, 2.24) is 4.57 Å². The predicted molar refractivity (Wildman–Crippen MR) is 111 cm³/mol. The third kappa shape index (κ3) is 3.14. The highest BCUT2D eigenvalue weighted by Gasteiger charge is 2.36. The molecule has 27 heavy (non-hydrogen) atoms. The Morgan fingerprint density at radius 1 is 1.11 bits per heavy atom. The topological polar surface area (TPSA) is 42.3 Å². The molecule has 0 spiro atoms. The molecule has 2 aromatic carbocycles. The van der Waals surface area contributed by atoms with Gasteiger partial charge in [0.15, 0.2) is 0 Å². The van der Waals surface area contributed by atoms with E-state index >= 15 is 0 Å². The van der Waals surface area contributed by atoms with Crippen LogP contribution in [0.1, 0.15) is 5.56 Å². The number of terminal acetylenes is 1. The van der Waals surface area contributed by atoms with E-state index in [1.165, 1.54) is 0 Å². The van der Waals surface area contributed by atoms with E-state index in [0.29, 0.717) is 22.2 Å². The van der Waals surface area contributed by atoms with Crippen LogP contribution in [0.2, 0.25) is 5.02 Å². The molecule has 6 heteroatoms. The number of amides is 2. The molecule has 1 aliphatic rings. The molecule has 0 radical (unpaired) electrons. The molecule has 4 nitrogen and oxygen atoms in total. The Labute approximate surface area is 165 Å². The summed E-state index contributed by atoms with van der Waals surface area (Å²) in [7, 11) is 0. The predicted octanol–water partition coefficient (Wildman–Crippen LogP) is 5.17. The Morgan fingerprint density at radius 3 is 2.59 bits per heavy atom. The number of anilines is 1. The number of aromatic nitrogens is 1. The molecule has 132 valence electrons. The largest absolute Gasteiger partial charge is 0.335 e. The van der Waals surface area contributed by atoms with Crippen LogP contribution in [-0.4, -0.2) is 15.7 Å². The molecule has 0 bridgehead atoms. The van der Waals surface area contributed by atoms with E-state index in [4.69, 9.17) is 18.0 Å². The molecule has 2 amide bonds. The fourth-order valence-corrected chi connectivity index (χ4v) is 4.00. The van der Waals surface area contributed by atoms with Gasteiger partial charge in [-0.3, -0.25) is 9.59 Å². The van der Waals surface area contributed by atoms with E-state index < -0.39 is 0 Å². The highest BCUT2D eigenvalue weighted by Crippen LogP contribution is 2.37. The second-order valence-corrected chi connectivity index (χ2v) is 7.36. The van der Waals surface area contributed by atoms with Crippen molar-refractivity contribution in [2.75, 3.05) is 4.90 Å². The van der Waals surface area contributed by atoms with E-state index in [1.54, 1.807) is 30.3 Å². The molecule has 1 saturated heterocycles. The van der Waals surface area contributed by atoms with Gasteiger partial charge in [-0.25, -0.2) is 4.90 Å². The number of nitrogens with zero attached hydrogens (tertiary/aromatic N) is 2. The first-order chi connectivity index (χ1) is 13.1. The lowest BCUT2D eigenvalue weighted by Crippen LogP contribution is -2.27. The van der Waals surface area contributed by atoms with Crippen molar-refractivity contribution in [3.63, 3.8) is 0 Å². The zero-order valence-electron chi connectivity index (χ0n) is 14.1. The van der Waals surface area contributed by atoms with Crippen LogP contribution in [0, 0.1) is 12.3 Å². The van der Waals surface area contributed by atoms with Crippen LogP contribution in [0.3, 0.4) is 0 Å². The number of hydrogen-bond acceptors (Lipinski definition) is 3. The smallest absolute Gasteiger partial charge is 0.298 e. The summed E-state index contributed by atoms with van der Waals surface area (Å²) in [5.74, 6) is 2.28. The summed E-state index contributed by atoms with van der Waals surface area (Å²) >= 11 is 6.81. The Morgan fingerprint density at radius 2 is 1.85 bits per heavy atom. The Kier molecular flexibility index (Phi) is 4.53. The van der Waals surface area contributed by atoms with Crippen molar-refractivity contribution in [1.29, 1.82) is 0 Å². The third-order valence-electron chi connectivity index (χ3n) is 4.25. The minimum absolute atomic E-state index is 0.332. The standard InChI is InChI=1S/C21H13ClN2O2S/c1-2-11-23-13-14(17-5-3-4-6-18(17)23)12-19-20(25)24(21(26)27-19)16-9-7-15(22)8-10-16/h1,3-10,12-13H,11H2/b19-12+. The number of thioether (sulfide) groups is 1. The third-order valence-corrected chi connectivity index (χ3v) is 5.37. The van der Waals surface area contributed by atoms with Crippen molar-refractivity contribution in [2.24, 2.45) is 0 Å². The van der Waals surface area contributed by atoms with Gasteiger partial charge in [0.1, 0.15) is 0 Å². The molecule has 0 atom stereocenters. The number of carbonyl (C=O) groups excluding carboxylic acids is 2. The van der Waals surface area contributed by atoms with Gasteiger partial charge in [-0.2, -0.15) is 0 Å². The quantitative estimate of drug-likeness (QED) is 0.456. The van der Waals surface area contributed by atoms with Gasteiger partial charge in [-0.1, -0.05) is 35.7 Å². The zero-order valence-corrected chi connectivity index (χ0v) is 15.6. The Bertz CT molecular complexity index is 1140. The highest BCUT2D eigenvalue weighted by molar-refractivity contribution is 8.19. The van der Waals surface area contributed by atoms with Gasteiger partial charge in [0.05, 0.1) is 17.1 Å². The minimum Gasteiger partial charge on any atom is -0.335 e. The second-order valence-electron chi connectivity index (χ2n) is 5.93. The first kappa shape index (κ1) is 17.5. The Balaban J connectivity index is 1.74. The Hall–Kier alpha value is -2.94. The van der Waals surface area contributed by atoms with Gasteiger partial charge in [0, 0.05) is 27.7 Å². The summed E-state index contributed by atoms with van der Waals surface area (Å²) in [5, 5.41) is 1.19. The molecule has 0 N–H and O–H groups in total. The van der Waals surface area contributed by atoms with Crippen LogP contribution in [0.15, 0.2) is 59.6 Å². The van der Waals surface area contributed by atoms with Crippen molar-refractivity contribution < 1.29 is 9.59 Å². The molecule has 0 saturated carbocycles. The van der Waals surface area contributed by atoms with E-state index in [0.717, 1.165) is 33.1 Å². The van der Waals surface area contributed by atoms with Gasteiger partial charge < -0.3 is 4.57 Å². The first-order valence-electron chi connectivity index (χ1n) is 8.13. The molecular weight excluding hydrogens is 380 g/mol. The average molecular weight is 393 g/mol. The van der Waals surface area contributed by atoms with Gasteiger partial charge in [-0.05, 0) is 48.2 Å². The van der Waals surface area contributed by atoms with E-state index in [2.05, 4.69) is 5.92 Å². The number of halogens is 1. The summed E-state index contributed by atoms with van der Waals surface area (Å²) in [6.07, 6.45) is 9.10. The normalized spacial score (nSPS) is 15.7. The van der Waals surface area contributed by atoms with Crippen LogP contribution >= 0.6 is 23.4 Å². The van der Waals surface area contributed by atoms with Crippen molar-refractivity contribution in [3.8, 4) is 12.3 Å². The molecule has 0 aliphatic carbocycles. The zero-order chi connectivity index (χ0) is 19.0. The summed E-state index contributed by atoms with van der Waals surface area (Å²) in [4.78, 5) is 26.8. The minimum atomic E-state index is -0.346. The SMILES string of the molecule is C#CCn1cc(/C=C2/SC(=O)N(c3ccc(Cl)cc3)C2=O)c2ccccc21. The van der Waals surface area contributed by atoms with Crippen molar-refractivity contribution in [2.45, 2.75) is 6.54 Å². The number of carbonyl (C=O) groups is 2. The summed E-state index contributed by atoms with van der Waals surface area (Å²) < 4.78 is 1.95. The molecule has 3 aromatic rings. The first-order valence-corrected chi connectivity index (χ1v) is 9.33. The fourth-order valence-electron chi connectivity index (χ4n) is 3.04. The maximum atomic E-state index is 12.8. The van der Waals surface area contributed by atoms with Crippen molar-refractivity contribution in [3.05, 3.63) is 70.2 Å². The number of fused-ring (bicyclic) bond motifs is 1. The van der Waals surface area contributed by atoms with E-state index in [1.807, 2.05) is 35.0 Å². The van der Waals surface area contributed by atoms with Gasteiger partial charge in [0.2, 0.25) is 0 Å². The summed E-state index contributed by atoms with van der Waals surface area (Å²) in [6.45, 7) is 0.431. The van der Waals surface area contributed by atoms with Gasteiger partial charge in [-0.15, -0.1) is 6.42 Å².